The van der Waals surface area contributed by atoms with Gasteiger partial charge in [-0.05, 0) is 110 Å². The molecule has 0 amide bonds. The van der Waals surface area contributed by atoms with Gasteiger partial charge in [0.2, 0.25) is 0 Å². The van der Waals surface area contributed by atoms with Crippen LogP contribution in [0.3, 0.4) is 0 Å². The molecule has 0 heterocycles. The third kappa shape index (κ3) is 2.75. The monoisotopic (exact) mass is 414 g/mol. The maximum atomic E-state index is 6.31. The van der Waals surface area contributed by atoms with E-state index in [0.29, 0.717) is 22.3 Å². The minimum absolute atomic E-state index is 0.557. The molecule has 0 unspecified atom stereocenters. The van der Waals surface area contributed by atoms with E-state index >= 15 is 0 Å². The molecule has 0 aromatic rings. The fourth-order valence-electron chi connectivity index (χ4n) is 10.6. The molecule has 0 radical (unpaired) electrons. The second kappa shape index (κ2) is 7.23. The second-order valence-electron chi connectivity index (χ2n) is 13.7. The lowest BCUT2D eigenvalue weighted by atomic mass is 9.45. The van der Waals surface area contributed by atoms with Gasteiger partial charge in [0.1, 0.15) is 0 Å². The summed E-state index contributed by atoms with van der Waals surface area (Å²) < 4.78 is 6.31. The minimum Gasteiger partial charge on any atom is -0.381 e. The first-order chi connectivity index (χ1) is 14.2. The van der Waals surface area contributed by atoms with E-state index in [-0.39, 0.29) is 0 Å². The van der Waals surface area contributed by atoms with Gasteiger partial charge >= 0.3 is 0 Å². The first-order valence-corrected chi connectivity index (χ1v) is 13.7. The van der Waals surface area contributed by atoms with Gasteiger partial charge in [-0.25, -0.2) is 0 Å². The molecular formula is C29H50O. The van der Waals surface area contributed by atoms with E-state index in [9.17, 15) is 0 Å². The van der Waals surface area contributed by atoms with Crippen molar-refractivity contribution in [2.75, 3.05) is 7.11 Å². The molecule has 5 fully saturated rings. The lowest BCUT2D eigenvalue weighted by Gasteiger charge is -2.61. The Hall–Kier alpha value is -0.0400. The van der Waals surface area contributed by atoms with E-state index in [1.54, 1.807) is 0 Å². The van der Waals surface area contributed by atoms with Crippen LogP contribution >= 0.6 is 0 Å². The van der Waals surface area contributed by atoms with Gasteiger partial charge in [0, 0.05) is 12.5 Å². The molecule has 5 saturated carbocycles. The number of methoxy groups -OCH3 is 1. The molecule has 172 valence electrons. The SMILES string of the molecule is CO[C@@H]1C[C@H]2[C@@H]3CC[C@H]([C@H](C)CC[C@H](C)C(C)C)[C@@]3(C)CC[C@@H]2[C@@]2(C)CC[C@@H]3C[C@]312. The molecule has 0 saturated heterocycles. The van der Waals surface area contributed by atoms with Gasteiger partial charge in [-0.2, -0.15) is 0 Å². The molecule has 1 heteroatoms. The normalized spacial score (nSPS) is 53.6. The van der Waals surface area contributed by atoms with Gasteiger partial charge in [-0.3, -0.25) is 0 Å². The predicted octanol–water partition coefficient (Wildman–Crippen LogP) is 7.98. The van der Waals surface area contributed by atoms with Crippen molar-refractivity contribution < 1.29 is 4.74 Å². The fourth-order valence-corrected chi connectivity index (χ4v) is 10.6. The van der Waals surface area contributed by atoms with Crippen LogP contribution in [0.2, 0.25) is 0 Å². The number of rotatable bonds is 6. The summed E-state index contributed by atoms with van der Waals surface area (Å²) in [7, 11) is 2.03. The molecule has 0 aliphatic heterocycles. The molecule has 5 aliphatic carbocycles. The van der Waals surface area contributed by atoms with E-state index in [1.807, 2.05) is 7.11 Å². The van der Waals surface area contributed by atoms with Gasteiger partial charge in [-0.1, -0.05) is 54.4 Å². The van der Waals surface area contributed by atoms with Gasteiger partial charge in [0.25, 0.3) is 0 Å². The summed E-state index contributed by atoms with van der Waals surface area (Å²) in [5.41, 5.74) is 1.76. The van der Waals surface area contributed by atoms with Crippen molar-refractivity contribution in [3.8, 4) is 0 Å². The summed E-state index contributed by atoms with van der Waals surface area (Å²) >= 11 is 0. The third-order valence-corrected chi connectivity index (χ3v) is 12.8. The summed E-state index contributed by atoms with van der Waals surface area (Å²) in [5.74, 6) is 7.47. The van der Waals surface area contributed by atoms with E-state index in [0.717, 1.165) is 47.3 Å². The van der Waals surface area contributed by atoms with Crippen LogP contribution in [0.25, 0.3) is 0 Å². The maximum Gasteiger partial charge on any atom is 0.0638 e. The summed E-state index contributed by atoms with van der Waals surface area (Å²) in [6, 6.07) is 0. The van der Waals surface area contributed by atoms with Crippen LogP contribution in [-0.4, -0.2) is 13.2 Å². The van der Waals surface area contributed by atoms with Gasteiger partial charge in [0.15, 0.2) is 0 Å². The molecule has 0 bridgehead atoms. The first kappa shape index (κ1) is 21.8. The van der Waals surface area contributed by atoms with E-state index < -0.39 is 0 Å². The van der Waals surface area contributed by atoms with Crippen LogP contribution in [0.5, 0.6) is 0 Å². The highest BCUT2D eigenvalue weighted by Gasteiger charge is 2.77. The van der Waals surface area contributed by atoms with Crippen LogP contribution in [0.15, 0.2) is 0 Å². The topological polar surface area (TPSA) is 9.23 Å². The number of hydrogen-bond acceptors (Lipinski definition) is 1. The first-order valence-electron chi connectivity index (χ1n) is 13.7. The van der Waals surface area contributed by atoms with Crippen LogP contribution in [-0.2, 0) is 4.74 Å². The molecule has 1 spiro atoms. The van der Waals surface area contributed by atoms with Gasteiger partial charge < -0.3 is 4.74 Å². The van der Waals surface area contributed by atoms with Crippen LogP contribution in [0.4, 0.5) is 0 Å². The Morgan fingerprint density at radius 1 is 0.900 bits per heavy atom. The zero-order chi connectivity index (χ0) is 21.5. The molecule has 1 nitrogen and oxygen atoms in total. The Bertz CT molecular complexity index is 655. The molecule has 11 atom stereocenters. The lowest BCUT2D eigenvalue weighted by molar-refractivity contribution is -0.161. The molecule has 5 rings (SSSR count). The molecule has 30 heavy (non-hydrogen) atoms. The Labute approximate surface area is 187 Å². The summed E-state index contributed by atoms with van der Waals surface area (Å²) in [6.07, 6.45) is 15.3. The van der Waals surface area contributed by atoms with Crippen molar-refractivity contribution in [1.29, 1.82) is 0 Å². The second-order valence-corrected chi connectivity index (χ2v) is 13.7. The summed E-state index contributed by atoms with van der Waals surface area (Å²) in [5, 5.41) is 0. The molecule has 0 aromatic carbocycles. The Kier molecular flexibility index (Phi) is 5.25. The third-order valence-electron chi connectivity index (χ3n) is 12.8. The standard InChI is InChI=1S/C29H50O/c1-18(2)19(3)8-9-20(4)23-10-11-24-22-16-26(30-7)29-17-21(29)12-15-28(29,6)25(22)13-14-27(23,24)5/h18-26H,8-17H2,1-7H3/t19-,20+,21+,22-,23+,24-,25-,26+,27+,28+,29-/m0/s1. The van der Waals surface area contributed by atoms with Crippen molar-refractivity contribution >= 4 is 0 Å². The number of ether oxygens (including phenoxy) is 1. The smallest absolute Gasteiger partial charge is 0.0638 e. The lowest BCUT2D eigenvalue weighted by Crippen LogP contribution is -2.57. The average molecular weight is 415 g/mol. The van der Waals surface area contributed by atoms with Crippen LogP contribution in [0.1, 0.15) is 106 Å². The van der Waals surface area contributed by atoms with Crippen molar-refractivity contribution in [2.24, 2.45) is 63.6 Å². The quantitative estimate of drug-likeness (QED) is 0.428. The maximum absolute atomic E-state index is 6.31. The highest BCUT2D eigenvalue weighted by Crippen LogP contribution is 2.82. The van der Waals surface area contributed by atoms with Crippen molar-refractivity contribution in [3.05, 3.63) is 0 Å². The zero-order valence-corrected chi connectivity index (χ0v) is 21.2. The minimum atomic E-state index is 0.557. The van der Waals surface area contributed by atoms with E-state index in [2.05, 4.69) is 41.5 Å². The Morgan fingerprint density at radius 3 is 2.33 bits per heavy atom. The molecule has 0 aromatic heterocycles. The fraction of sp³-hybridized carbons (Fsp3) is 1.00. The number of hydrogen-bond donors (Lipinski definition) is 0. The number of fused-ring (bicyclic) bond motifs is 4. The van der Waals surface area contributed by atoms with Gasteiger partial charge in [-0.15, -0.1) is 0 Å². The van der Waals surface area contributed by atoms with Crippen LogP contribution in [0, 0.1) is 63.6 Å². The average Bonchev–Trinajstić information content (AvgIpc) is 3.22. The van der Waals surface area contributed by atoms with Crippen molar-refractivity contribution in [3.63, 3.8) is 0 Å². The Morgan fingerprint density at radius 2 is 1.67 bits per heavy atom. The molecule has 0 N–H and O–H groups in total. The summed E-state index contributed by atoms with van der Waals surface area (Å²) in [6.45, 7) is 15.3. The summed E-state index contributed by atoms with van der Waals surface area (Å²) in [4.78, 5) is 0. The highest BCUT2D eigenvalue weighted by atomic mass is 16.5. The predicted molar refractivity (Wildman–Crippen MR) is 126 cm³/mol. The molecule has 5 aliphatic rings. The van der Waals surface area contributed by atoms with Gasteiger partial charge in [0.05, 0.1) is 6.10 Å². The largest absolute Gasteiger partial charge is 0.381 e. The Balaban J connectivity index is 1.35. The van der Waals surface area contributed by atoms with Crippen molar-refractivity contribution in [2.45, 2.75) is 112 Å². The zero-order valence-electron chi connectivity index (χ0n) is 21.2. The molecular weight excluding hydrogens is 364 g/mol. The van der Waals surface area contributed by atoms with Crippen molar-refractivity contribution in [1.82, 2.24) is 0 Å². The van der Waals surface area contributed by atoms with E-state index in [1.165, 1.54) is 64.2 Å². The van der Waals surface area contributed by atoms with E-state index in [4.69, 9.17) is 4.74 Å². The highest BCUT2D eigenvalue weighted by molar-refractivity contribution is 5.26. The van der Waals surface area contributed by atoms with Crippen LogP contribution < -0.4 is 0 Å².